The van der Waals surface area contributed by atoms with Crippen molar-refractivity contribution in [1.82, 2.24) is 10.6 Å². The van der Waals surface area contributed by atoms with Crippen molar-refractivity contribution in [3.8, 4) is 5.75 Å². The monoisotopic (exact) mass is 408 g/mol. The molecule has 0 spiro atoms. The first-order chi connectivity index (χ1) is 14.5. The zero-order valence-corrected chi connectivity index (χ0v) is 18.1. The number of amides is 1. The Hall–Kier alpha value is -3.28. The Labute approximate surface area is 179 Å². The van der Waals surface area contributed by atoms with Gasteiger partial charge < -0.3 is 20.7 Å². The summed E-state index contributed by atoms with van der Waals surface area (Å²) in [5.41, 5.74) is 2.90. The molecule has 2 rings (SSSR count). The summed E-state index contributed by atoms with van der Waals surface area (Å²) < 4.78 is 5.71. The quantitative estimate of drug-likeness (QED) is 0.314. The van der Waals surface area contributed by atoms with Crippen molar-refractivity contribution in [2.45, 2.75) is 33.9 Å². The molecule has 0 atom stereocenters. The number of nitrogens with one attached hydrogen (secondary N) is 3. The van der Waals surface area contributed by atoms with Crippen molar-refractivity contribution in [3.05, 3.63) is 72.3 Å². The summed E-state index contributed by atoms with van der Waals surface area (Å²) in [6.45, 7) is 11.8. The van der Waals surface area contributed by atoms with E-state index in [2.05, 4.69) is 27.5 Å². The number of guanidine groups is 1. The van der Waals surface area contributed by atoms with E-state index >= 15 is 0 Å². The summed E-state index contributed by atoms with van der Waals surface area (Å²) in [5, 5.41) is 9.51. The minimum absolute atomic E-state index is 0.0109. The van der Waals surface area contributed by atoms with Gasteiger partial charge in [0.1, 0.15) is 12.4 Å². The van der Waals surface area contributed by atoms with E-state index in [1.54, 1.807) is 6.08 Å². The van der Waals surface area contributed by atoms with Crippen molar-refractivity contribution in [2.75, 3.05) is 18.5 Å². The van der Waals surface area contributed by atoms with E-state index in [4.69, 9.17) is 4.74 Å². The highest BCUT2D eigenvalue weighted by Crippen LogP contribution is 2.17. The second-order valence-electron chi connectivity index (χ2n) is 7.10. The Balaban J connectivity index is 1.98. The van der Waals surface area contributed by atoms with E-state index in [-0.39, 0.29) is 11.8 Å². The molecule has 0 aromatic heterocycles. The Kier molecular flexibility index (Phi) is 9.45. The summed E-state index contributed by atoms with van der Waals surface area (Å²) in [5.74, 6) is 1.53. The molecule has 0 saturated carbocycles. The average Bonchev–Trinajstić information content (AvgIpc) is 2.75. The molecule has 6 heteroatoms. The van der Waals surface area contributed by atoms with Gasteiger partial charge in [0, 0.05) is 30.3 Å². The van der Waals surface area contributed by atoms with Crippen LogP contribution in [-0.2, 0) is 17.9 Å². The number of benzene rings is 2. The van der Waals surface area contributed by atoms with Crippen LogP contribution in [0.1, 0.15) is 31.9 Å². The van der Waals surface area contributed by atoms with Gasteiger partial charge in [-0.2, -0.15) is 0 Å². The first kappa shape index (κ1) is 23.0. The van der Waals surface area contributed by atoms with E-state index < -0.39 is 0 Å². The molecule has 160 valence electrons. The van der Waals surface area contributed by atoms with Gasteiger partial charge in [-0.3, -0.25) is 4.79 Å². The van der Waals surface area contributed by atoms with E-state index in [0.29, 0.717) is 19.7 Å². The molecular formula is C24H32N4O2. The van der Waals surface area contributed by atoms with Gasteiger partial charge in [-0.05, 0) is 30.7 Å². The highest BCUT2D eigenvalue weighted by molar-refractivity contribution is 5.92. The number of nitrogens with zero attached hydrogens (tertiary/aromatic N) is 1. The molecule has 2 aromatic rings. The van der Waals surface area contributed by atoms with E-state index in [0.717, 1.165) is 35.1 Å². The number of rotatable bonds is 10. The zero-order chi connectivity index (χ0) is 21.8. The standard InChI is InChI=1S/C24H32N4O2/c1-5-15-30-22-10-8-7-9-20(22)17-27-24(25-6-2)26-16-19-11-13-21(14-12-19)28-23(29)18(3)4/h5,7-14,18H,1,6,15-17H2,2-4H3,(H,28,29)(H2,25,26,27). The Morgan fingerprint density at radius 2 is 1.87 bits per heavy atom. The van der Waals surface area contributed by atoms with Gasteiger partial charge in [-0.15, -0.1) is 0 Å². The number of carbonyl (C=O) groups excluding carboxylic acids is 1. The predicted molar refractivity (Wildman–Crippen MR) is 124 cm³/mol. The lowest BCUT2D eigenvalue weighted by molar-refractivity contribution is -0.118. The molecule has 0 saturated heterocycles. The topological polar surface area (TPSA) is 74.8 Å². The van der Waals surface area contributed by atoms with Crippen LogP contribution in [0.2, 0.25) is 0 Å². The number of ether oxygens (including phenoxy) is 1. The molecule has 3 N–H and O–H groups in total. The molecular weight excluding hydrogens is 376 g/mol. The summed E-state index contributed by atoms with van der Waals surface area (Å²) in [4.78, 5) is 16.5. The van der Waals surface area contributed by atoms with Crippen LogP contribution in [0, 0.1) is 5.92 Å². The minimum atomic E-state index is -0.0460. The SMILES string of the molecule is C=CCOc1ccccc1CNC(=NCc1ccc(NC(=O)C(C)C)cc1)NCC. The van der Waals surface area contributed by atoms with Gasteiger partial charge in [-0.1, -0.05) is 56.8 Å². The normalized spacial score (nSPS) is 11.1. The highest BCUT2D eigenvalue weighted by Gasteiger charge is 2.07. The first-order valence-electron chi connectivity index (χ1n) is 10.3. The van der Waals surface area contributed by atoms with Crippen LogP contribution in [0.3, 0.4) is 0 Å². The zero-order valence-electron chi connectivity index (χ0n) is 18.1. The van der Waals surface area contributed by atoms with Crippen molar-refractivity contribution in [1.29, 1.82) is 0 Å². The second kappa shape index (κ2) is 12.3. The van der Waals surface area contributed by atoms with Crippen LogP contribution in [0.15, 0.2) is 66.2 Å². The maximum Gasteiger partial charge on any atom is 0.226 e. The fraction of sp³-hybridized carbons (Fsp3) is 0.333. The fourth-order valence-electron chi connectivity index (χ4n) is 2.61. The maximum atomic E-state index is 11.8. The Morgan fingerprint density at radius 3 is 2.53 bits per heavy atom. The molecule has 0 aliphatic carbocycles. The molecule has 0 fully saturated rings. The molecule has 2 aromatic carbocycles. The highest BCUT2D eigenvalue weighted by atomic mass is 16.5. The number of hydrogen-bond acceptors (Lipinski definition) is 3. The Bertz CT molecular complexity index is 845. The van der Waals surface area contributed by atoms with Crippen molar-refractivity contribution >= 4 is 17.6 Å². The largest absolute Gasteiger partial charge is 0.489 e. The van der Waals surface area contributed by atoms with Crippen LogP contribution in [0.5, 0.6) is 5.75 Å². The van der Waals surface area contributed by atoms with Crippen molar-refractivity contribution in [2.24, 2.45) is 10.9 Å². The molecule has 30 heavy (non-hydrogen) atoms. The maximum absolute atomic E-state index is 11.8. The third-order valence-corrected chi connectivity index (χ3v) is 4.29. The van der Waals surface area contributed by atoms with Gasteiger partial charge in [0.2, 0.25) is 5.91 Å². The number of aliphatic imine (C=N–C) groups is 1. The smallest absolute Gasteiger partial charge is 0.226 e. The fourth-order valence-corrected chi connectivity index (χ4v) is 2.61. The number of hydrogen-bond donors (Lipinski definition) is 3. The van der Waals surface area contributed by atoms with E-state index in [9.17, 15) is 4.79 Å². The Morgan fingerprint density at radius 1 is 1.13 bits per heavy atom. The number of para-hydroxylation sites is 1. The van der Waals surface area contributed by atoms with Crippen LogP contribution >= 0.6 is 0 Å². The van der Waals surface area contributed by atoms with Crippen LogP contribution in [0.25, 0.3) is 0 Å². The van der Waals surface area contributed by atoms with Crippen LogP contribution in [0.4, 0.5) is 5.69 Å². The summed E-state index contributed by atoms with van der Waals surface area (Å²) in [6.07, 6.45) is 1.73. The molecule has 0 radical (unpaired) electrons. The molecule has 6 nitrogen and oxygen atoms in total. The summed E-state index contributed by atoms with van der Waals surface area (Å²) in [7, 11) is 0. The number of carbonyl (C=O) groups is 1. The average molecular weight is 409 g/mol. The van der Waals surface area contributed by atoms with Gasteiger partial charge in [0.05, 0.1) is 6.54 Å². The van der Waals surface area contributed by atoms with E-state index in [1.165, 1.54) is 0 Å². The second-order valence-corrected chi connectivity index (χ2v) is 7.10. The molecule has 0 aliphatic rings. The predicted octanol–water partition coefficient (Wildman–Crippen LogP) is 4.10. The first-order valence-corrected chi connectivity index (χ1v) is 10.3. The van der Waals surface area contributed by atoms with Crippen LogP contribution < -0.4 is 20.7 Å². The summed E-state index contributed by atoms with van der Waals surface area (Å²) in [6, 6.07) is 15.7. The molecule has 0 bridgehead atoms. The molecule has 0 unspecified atom stereocenters. The van der Waals surface area contributed by atoms with Gasteiger partial charge in [0.25, 0.3) is 0 Å². The van der Waals surface area contributed by atoms with Gasteiger partial charge in [0.15, 0.2) is 5.96 Å². The van der Waals surface area contributed by atoms with Crippen LogP contribution in [-0.4, -0.2) is 25.0 Å². The molecule has 1 amide bonds. The lowest BCUT2D eigenvalue weighted by Crippen LogP contribution is -2.36. The third-order valence-electron chi connectivity index (χ3n) is 4.29. The van der Waals surface area contributed by atoms with Crippen molar-refractivity contribution < 1.29 is 9.53 Å². The summed E-state index contributed by atoms with van der Waals surface area (Å²) >= 11 is 0. The lowest BCUT2D eigenvalue weighted by atomic mass is 10.1. The van der Waals surface area contributed by atoms with Gasteiger partial charge in [-0.25, -0.2) is 4.99 Å². The lowest BCUT2D eigenvalue weighted by Gasteiger charge is -2.14. The number of anilines is 1. The minimum Gasteiger partial charge on any atom is -0.489 e. The van der Waals surface area contributed by atoms with E-state index in [1.807, 2.05) is 69.3 Å². The third kappa shape index (κ3) is 7.62. The van der Waals surface area contributed by atoms with Crippen molar-refractivity contribution in [3.63, 3.8) is 0 Å². The molecule has 0 aliphatic heterocycles. The molecule has 0 heterocycles. The van der Waals surface area contributed by atoms with Gasteiger partial charge >= 0.3 is 0 Å².